The van der Waals surface area contributed by atoms with E-state index in [9.17, 15) is 13.2 Å². The van der Waals surface area contributed by atoms with Crippen molar-refractivity contribution in [3.63, 3.8) is 0 Å². The first-order valence-corrected chi connectivity index (χ1v) is 8.85. The molecular formula is C15H13INO4S-. The van der Waals surface area contributed by atoms with Gasteiger partial charge >= 0.3 is 0 Å². The highest BCUT2D eigenvalue weighted by Crippen LogP contribution is 2.18. The Morgan fingerprint density at radius 1 is 1.09 bits per heavy atom. The van der Waals surface area contributed by atoms with E-state index in [-0.39, 0.29) is 4.90 Å². The van der Waals surface area contributed by atoms with Crippen LogP contribution in [0.25, 0.3) is 4.72 Å². The van der Waals surface area contributed by atoms with Crippen molar-refractivity contribution in [2.45, 2.75) is 11.8 Å². The lowest BCUT2D eigenvalue weighted by atomic mass is 10.2. The topological polar surface area (TPSA) is 74.5 Å². The molecule has 0 heterocycles. The largest absolute Gasteiger partial charge is 0.535 e. The smallest absolute Gasteiger partial charge is 0.290 e. The molecule has 0 radical (unpaired) electrons. The Hall–Kier alpha value is -1.45. The minimum absolute atomic E-state index is 0.0557. The van der Waals surface area contributed by atoms with Gasteiger partial charge in [0.15, 0.2) is 0 Å². The molecule has 2 aromatic rings. The molecule has 0 saturated carbocycles. The first kappa shape index (κ1) is 16.9. The van der Waals surface area contributed by atoms with Crippen LogP contribution in [-0.2, 0) is 14.8 Å². The van der Waals surface area contributed by atoms with Crippen molar-refractivity contribution in [1.82, 2.24) is 0 Å². The van der Waals surface area contributed by atoms with Gasteiger partial charge in [0.25, 0.3) is 5.97 Å². The Morgan fingerprint density at radius 3 is 2.27 bits per heavy atom. The zero-order valence-corrected chi connectivity index (χ0v) is 14.7. The number of halogens is 1. The molecule has 2 aromatic carbocycles. The number of aryl methyl sites for hydroxylation is 1. The highest BCUT2D eigenvalue weighted by Gasteiger charge is 2.06. The highest BCUT2D eigenvalue weighted by molar-refractivity contribution is 14.1. The monoisotopic (exact) mass is 430 g/mol. The van der Waals surface area contributed by atoms with Crippen molar-refractivity contribution >= 4 is 38.6 Å². The summed E-state index contributed by atoms with van der Waals surface area (Å²) >= 11 is 2.13. The van der Waals surface area contributed by atoms with Crippen LogP contribution < -0.4 is 4.74 Å². The lowest BCUT2D eigenvalue weighted by Crippen LogP contribution is -2.15. The fourth-order valence-electron chi connectivity index (χ4n) is 1.59. The van der Waals surface area contributed by atoms with Crippen LogP contribution in [0, 0.1) is 10.5 Å². The van der Waals surface area contributed by atoms with E-state index in [4.69, 9.17) is 4.74 Å². The van der Waals surface area contributed by atoms with E-state index in [0.29, 0.717) is 5.75 Å². The van der Waals surface area contributed by atoms with Crippen molar-refractivity contribution < 1.29 is 17.9 Å². The van der Waals surface area contributed by atoms with Gasteiger partial charge in [-0.15, -0.1) is 0 Å². The van der Waals surface area contributed by atoms with Gasteiger partial charge in [-0.25, -0.2) is 8.42 Å². The van der Waals surface area contributed by atoms with Crippen LogP contribution in [0.15, 0.2) is 53.4 Å². The number of carbonyl (C=O) groups is 1. The quantitative estimate of drug-likeness (QED) is 0.415. The molecule has 0 aliphatic heterocycles. The summed E-state index contributed by atoms with van der Waals surface area (Å²) in [6.45, 7) is 1.30. The molecule has 0 spiro atoms. The van der Waals surface area contributed by atoms with Crippen molar-refractivity contribution in [3.8, 4) is 5.75 Å². The summed E-state index contributed by atoms with van der Waals surface area (Å²) in [5.41, 5.74) is 0.942. The maximum Gasteiger partial charge on any atom is 0.290 e. The molecule has 116 valence electrons. The second-order valence-electron chi connectivity index (χ2n) is 4.50. The predicted octanol–water partition coefficient (Wildman–Crippen LogP) is 3.27. The zero-order chi connectivity index (χ0) is 16.2. The van der Waals surface area contributed by atoms with Gasteiger partial charge in [-0.3, -0.25) is 4.79 Å². The Bertz CT molecular complexity index is 755. The average Bonchev–Trinajstić information content (AvgIpc) is 2.48. The fraction of sp³-hybridized carbons (Fsp3) is 0.133. The summed E-state index contributed by atoms with van der Waals surface area (Å²) in [6.07, 6.45) is 0. The third-order valence-electron chi connectivity index (χ3n) is 2.73. The Balaban J connectivity index is 1.95. The van der Waals surface area contributed by atoms with Gasteiger partial charge in [0.2, 0.25) is 0 Å². The molecule has 0 saturated heterocycles. The van der Waals surface area contributed by atoms with Gasteiger partial charge in [0.05, 0.1) is 0 Å². The molecule has 0 aromatic heterocycles. The molecule has 0 atom stereocenters. The molecule has 0 amide bonds. The fourth-order valence-corrected chi connectivity index (χ4v) is 2.85. The number of rotatable bonds is 5. The summed E-state index contributed by atoms with van der Waals surface area (Å²) in [6, 6.07) is 13.1. The Kier molecular flexibility index (Phi) is 5.54. The molecule has 0 N–H and O–H groups in total. The third kappa shape index (κ3) is 4.79. The minimum Gasteiger partial charge on any atom is -0.535 e. The molecule has 0 aliphatic carbocycles. The molecule has 5 nitrogen and oxygen atoms in total. The van der Waals surface area contributed by atoms with Crippen LogP contribution in [0.4, 0.5) is 0 Å². The van der Waals surface area contributed by atoms with E-state index in [1.54, 1.807) is 36.4 Å². The Labute approximate surface area is 142 Å². The van der Waals surface area contributed by atoms with Crippen LogP contribution in [-0.4, -0.2) is 20.9 Å². The number of esters is 1. The number of nitrogens with zero attached hydrogens (tertiary/aromatic N) is 1. The maximum absolute atomic E-state index is 12.0. The maximum atomic E-state index is 12.0. The number of benzene rings is 2. The predicted molar refractivity (Wildman–Crippen MR) is 91.4 cm³/mol. The van der Waals surface area contributed by atoms with Crippen LogP contribution in [0.1, 0.15) is 5.56 Å². The molecule has 0 unspecified atom stereocenters. The first-order chi connectivity index (χ1) is 10.4. The lowest BCUT2D eigenvalue weighted by molar-refractivity contribution is -0.132. The molecule has 22 heavy (non-hydrogen) atoms. The SMILES string of the molecule is Cc1ccc(S(=O)(=O)[N-]CC(=O)Oc2ccc(I)cc2)cc1. The molecular weight excluding hydrogens is 417 g/mol. The molecule has 0 aliphatic rings. The first-order valence-electron chi connectivity index (χ1n) is 6.33. The second kappa shape index (κ2) is 7.21. The second-order valence-corrected chi connectivity index (χ2v) is 7.43. The zero-order valence-electron chi connectivity index (χ0n) is 11.7. The van der Waals surface area contributed by atoms with Crippen LogP contribution >= 0.6 is 22.6 Å². The number of sulfonamides is 1. The summed E-state index contributed by atoms with van der Waals surface area (Å²) in [4.78, 5) is 11.7. The summed E-state index contributed by atoms with van der Waals surface area (Å²) in [7, 11) is -3.85. The molecule has 0 bridgehead atoms. The third-order valence-corrected chi connectivity index (χ3v) is 4.78. The number of hydrogen-bond acceptors (Lipinski definition) is 4. The summed E-state index contributed by atoms with van der Waals surface area (Å²) in [5.74, 6) is -0.370. The van der Waals surface area contributed by atoms with Crippen molar-refractivity contribution in [2.24, 2.45) is 0 Å². The van der Waals surface area contributed by atoms with E-state index in [1.165, 1.54) is 12.1 Å². The van der Waals surface area contributed by atoms with Crippen LogP contribution in [0.2, 0.25) is 0 Å². The van der Waals surface area contributed by atoms with Crippen molar-refractivity contribution in [2.75, 3.05) is 6.54 Å². The summed E-state index contributed by atoms with van der Waals surface area (Å²) < 4.78 is 33.4. The van der Waals surface area contributed by atoms with E-state index in [1.807, 2.05) is 6.92 Å². The van der Waals surface area contributed by atoms with Gasteiger partial charge < -0.3 is 9.46 Å². The molecule has 2 rings (SSSR count). The van der Waals surface area contributed by atoms with Crippen LogP contribution in [0.5, 0.6) is 5.75 Å². The van der Waals surface area contributed by atoms with E-state index in [2.05, 4.69) is 27.3 Å². The van der Waals surface area contributed by atoms with Crippen molar-refractivity contribution in [3.05, 3.63) is 62.4 Å². The number of carbonyl (C=O) groups excluding carboxylic acids is 1. The highest BCUT2D eigenvalue weighted by atomic mass is 127. The molecule has 7 heteroatoms. The standard InChI is InChI=1S/C15H13INO4S/c1-11-2-8-14(9-3-11)22(19,20)17-10-15(18)21-13-6-4-12(16)5-7-13/h2-9H,10H2,1H3/q-1. The minimum atomic E-state index is -3.85. The summed E-state index contributed by atoms with van der Waals surface area (Å²) in [5, 5.41) is 0. The van der Waals surface area contributed by atoms with Gasteiger partial charge in [-0.05, 0) is 72.5 Å². The van der Waals surface area contributed by atoms with E-state index < -0.39 is 22.5 Å². The van der Waals surface area contributed by atoms with Gasteiger partial charge in [0, 0.05) is 8.47 Å². The van der Waals surface area contributed by atoms with E-state index >= 15 is 0 Å². The van der Waals surface area contributed by atoms with Gasteiger partial charge in [-0.1, -0.05) is 17.7 Å². The number of hydrogen-bond donors (Lipinski definition) is 0. The van der Waals surface area contributed by atoms with Gasteiger partial charge in [-0.2, -0.15) is 0 Å². The van der Waals surface area contributed by atoms with E-state index in [0.717, 1.165) is 9.13 Å². The van der Waals surface area contributed by atoms with Gasteiger partial charge in [0.1, 0.15) is 15.8 Å². The normalized spacial score (nSPS) is 11.2. The van der Waals surface area contributed by atoms with Crippen molar-refractivity contribution in [1.29, 1.82) is 0 Å². The average molecular weight is 430 g/mol. The van der Waals surface area contributed by atoms with Crippen LogP contribution in [0.3, 0.4) is 0 Å². The molecule has 0 fully saturated rings. The number of ether oxygens (including phenoxy) is 1. The lowest BCUT2D eigenvalue weighted by Gasteiger charge is -2.19. The Morgan fingerprint density at radius 2 is 1.68 bits per heavy atom.